The van der Waals surface area contributed by atoms with Gasteiger partial charge in [0.1, 0.15) is 11.5 Å². The van der Waals surface area contributed by atoms with Gasteiger partial charge in [0, 0.05) is 11.4 Å². The van der Waals surface area contributed by atoms with E-state index in [1.807, 2.05) is 24.3 Å². The first-order valence-corrected chi connectivity index (χ1v) is 6.20. The van der Waals surface area contributed by atoms with Crippen molar-refractivity contribution in [2.24, 2.45) is 0 Å². The second-order valence-corrected chi connectivity index (χ2v) is 4.72. The molecule has 0 unspecified atom stereocenters. The summed E-state index contributed by atoms with van der Waals surface area (Å²) in [5.41, 5.74) is 6.28. The number of hydrogen-bond acceptors (Lipinski definition) is 3. The van der Waals surface area contributed by atoms with Crippen molar-refractivity contribution < 1.29 is 4.79 Å². The molecule has 0 aliphatic heterocycles. The number of benzene rings is 1. The van der Waals surface area contributed by atoms with Gasteiger partial charge in [-0.25, -0.2) is 4.98 Å². The molecular formula is C14H15N3O. The highest BCUT2D eigenvalue weighted by molar-refractivity contribution is 5.99. The molecule has 4 nitrogen and oxygen atoms in total. The van der Waals surface area contributed by atoms with E-state index in [0.29, 0.717) is 17.6 Å². The minimum atomic E-state index is -0.128. The van der Waals surface area contributed by atoms with Crippen LogP contribution in [0.2, 0.25) is 0 Å². The number of nitrogens with one attached hydrogen (secondary N) is 1. The van der Waals surface area contributed by atoms with Crippen LogP contribution in [0.3, 0.4) is 0 Å². The van der Waals surface area contributed by atoms with E-state index in [2.05, 4.69) is 10.3 Å². The zero-order valence-electron chi connectivity index (χ0n) is 10.0. The SMILES string of the molecule is Nc1nc(C(=O)NC2CCC2)cc2ccccc12. The Morgan fingerprint density at radius 2 is 2.11 bits per heavy atom. The summed E-state index contributed by atoms with van der Waals surface area (Å²) in [4.78, 5) is 16.2. The highest BCUT2D eigenvalue weighted by Gasteiger charge is 2.21. The number of carbonyl (C=O) groups is 1. The Morgan fingerprint density at radius 3 is 2.83 bits per heavy atom. The van der Waals surface area contributed by atoms with Crippen molar-refractivity contribution in [1.29, 1.82) is 0 Å². The van der Waals surface area contributed by atoms with E-state index in [9.17, 15) is 4.79 Å². The Kier molecular flexibility index (Phi) is 2.63. The van der Waals surface area contributed by atoms with Gasteiger partial charge in [0.15, 0.2) is 0 Å². The number of rotatable bonds is 2. The molecule has 1 aliphatic carbocycles. The lowest BCUT2D eigenvalue weighted by molar-refractivity contribution is 0.0912. The number of fused-ring (bicyclic) bond motifs is 1. The number of pyridine rings is 1. The lowest BCUT2D eigenvalue weighted by atomic mass is 9.93. The van der Waals surface area contributed by atoms with E-state index in [1.165, 1.54) is 6.42 Å². The number of aromatic nitrogens is 1. The molecule has 0 bridgehead atoms. The van der Waals surface area contributed by atoms with Crippen LogP contribution in [0.4, 0.5) is 5.82 Å². The zero-order valence-corrected chi connectivity index (χ0v) is 10.0. The Morgan fingerprint density at radius 1 is 1.33 bits per heavy atom. The molecule has 1 saturated carbocycles. The van der Waals surface area contributed by atoms with E-state index in [0.717, 1.165) is 23.6 Å². The lowest BCUT2D eigenvalue weighted by Crippen LogP contribution is -2.39. The van der Waals surface area contributed by atoms with Crippen LogP contribution in [-0.4, -0.2) is 16.9 Å². The van der Waals surface area contributed by atoms with Crippen molar-refractivity contribution >= 4 is 22.5 Å². The first-order chi connectivity index (χ1) is 8.74. The molecule has 1 aromatic heterocycles. The van der Waals surface area contributed by atoms with E-state index < -0.39 is 0 Å². The standard InChI is InChI=1S/C14H15N3O/c15-13-11-7-2-1-4-9(11)8-12(17-13)14(18)16-10-5-3-6-10/h1-2,4,7-8,10H,3,5-6H2,(H2,15,17)(H,16,18). The van der Waals surface area contributed by atoms with E-state index in [-0.39, 0.29) is 5.91 Å². The lowest BCUT2D eigenvalue weighted by Gasteiger charge is -2.26. The first kappa shape index (κ1) is 11.0. The van der Waals surface area contributed by atoms with Gasteiger partial charge in [-0.15, -0.1) is 0 Å². The Hall–Kier alpha value is -2.10. The Bertz CT molecular complexity index is 605. The van der Waals surface area contributed by atoms with Gasteiger partial charge < -0.3 is 11.1 Å². The fraction of sp³-hybridized carbons (Fsp3) is 0.286. The van der Waals surface area contributed by atoms with Crippen LogP contribution in [0.25, 0.3) is 10.8 Å². The molecule has 1 amide bonds. The summed E-state index contributed by atoms with van der Waals surface area (Å²) in [6.45, 7) is 0. The number of carbonyl (C=O) groups excluding carboxylic acids is 1. The summed E-state index contributed by atoms with van der Waals surface area (Å²) >= 11 is 0. The first-order valence-electron chi connectivity index (χ1n) is 6.20. The highest BCUT2D eigenvalue weighted by atomic mass is 16.1. The molecule has 1 aromatic carbocycles. The number of nitrogens with zero attached hydrogens (tertiary/aromatic N) is 1. The Balaban J connectivity index is 1.94. The van der Waals surface area contributed by atoms with Crippen LogP contribution in [0.15, 0.2) is 30.3 Å². The van der Waals surface area contributed by atoms with Crippen molar-refractivity contribution in [1.82, 2.24) is 10.3 Å². The van der Waals surface area contributed by atoms with E-state index in [4.69, 9.17) is 5.73 Å². The molecule has 3 rings (SSSR count). The fourth-order valence-corrected chi connectivity index (χ4v) is 2.15. The van der Waals surface area contributed by atoms with Gasteiger partial charge in [-0.3, -0.25) is 4.79 Å². The minimum Gasteiger partial charge on any atom is -0.383 e. The average Bonchev–Trinajstić information content (AvgIpc) is 2.33. The maximum atomic E-state index is 12.0. The quantitative estimate of drug-likeness (QED) is 0.846. The summed E-state index contributed by atoms with van der Waals surface area (Å²) in [6.07, 6.45) is 3.32. The largest absolute Gasteiger partial charge is 0.383 e. The van der Waals surface area contributed by atoms with Gasteiger partial charge in [0.25, 0.3) is 5.91 Å². The number of hydrogen-bond donors (Lipinski definition) is 2. The number of nitrogen functional groups attached to an aromatic ring is 1. The van der Waals surface area contributed by atoms with Gasteiger partial charge in [0.05, 0.1) is 0 Å². The molecule has 0 atom stereocenters. The van der Waals surface area contributed by atoms with Crippen molar-refractivity contribution in [3.05, 3.63) is 36.0 Å². The molecule has 18 heavy (non-hydrogen) atoms. The Labute approximate surface area is 105 Å². The maximum Gasteiger partial charge on any atom is 0.270 e. The van der Waals surface area contributed by atoms with Crippen molar-refractivity contribution in [2.75, 3.05) is 5.73 Å². The van der Waals surface area contributed by atoms with Crippen LogP contribution >= 0.6 is 0 Å². The normalized spacial score (nSPS) is 15.3. The summed E-state index contributed by atoms with van der Waals surface area (Å²) in [5.74, 6) is 0.281. The van der Waals surface area contributed by atoms with E-state index >= 15 is 0 Å². The third-order valence-corrected chi connectivity index (χ3v) is 3.44. The molecule has 2 aromatic rings. The molecule has 0 saturated heterocycles. The smallest absolute Gasteiger partial charge is 0.270 e. The van der Waals surface area contributed by atoms with Gasteiger partial charge >= 0.3 is 0 Å². The summed E-state index contributed by atoms with van der Waals surface area (Å²) in [7, 11) is 0. The number of amides is 1. The second kappa shape index (κ2) is 4.29. The summed E-state index contributed by atoms with van der Waals surface area (Å²) < 4.78 is 0. The molecular weight excluding hydrogens is 226 g/mol. The van der Waals surface area contributed by atoms with Crippen molar-refractivity contribution in [3.63, 3.8) is 0 Å². The summed E-state index contributed by atoms with van der Waals surface area (Å²) in [5, 5.41) is 4.80. The van der Waals surface area contributed by atoms with Crippen LogP contribution in [0, 0.1) is 0 Å². The molecule has 1 aliphatic rings. The molecule has 0 spiro atoms. The highest BCUT2D eigenvalue weighted by Crippen LogP contribution is 2.21. The monoisotopic (exact) mass is 241 g/mol. The number of nitrogens with two attached hydrogens (primary N) is 1. The van der Waals surface area contributed by atoms with E-state index in [1.54, 1.807) is 6.07 Å². The molecule has 1 heterocycles. The third kappa shape index (κ3) is 1.90. The van der Waals surface area contributed by atoms with Crippen LogP contribution < -0.4 is 11.1 Å². The zero-order chi connectivity index (χ0) is 12.5. The molecule has 1 fully saturated rings. The predicted molar refractivity (Wildman–Crippen MR) is 71.3 cm³/mol. The third-order valence-electron chi connectivity index (χ3n) is 3.44. The van der Waals surface area contributed by atoms with Crippen LogP contribution in [0.5, 0.6) is 0 Å². The summed E-state index contributed by atoms with van der Waals surface area (Å²) in [6, 6.07) is 9.79. The molecule has 3 N–H and O–H groups in total. The average molecular weight is 241 g/mol. The van der Waals surface area contributed by atoms with Crippen molar-refractivity contribution in [2.45, 2.75) is 25.3 Å². The fourth-order valence-electron chi connectivity index (χ4n) is 2.15. The van der Waals surface area contributed by atoms with Gasteiger partial charge in [-0.1, -0.05) is 24.3 Å². The maximum absolute atomic E-state index is 12.0. The predicted octanol–water partition coefficient (Wildman–Crippen LogP) is 2.10. The topological polar surface area (TPSA) is 68.0 Å². The molecule has 0 radical (unpaired) electrons. The molecule has 92 valence electrons. The van der Waals surface area contributed by atoms with Gasteiger partial charge in [-0.2, -0.15) is 0 Å². The minimum absolute atomic E-state index is 0.128. The molecule has 4 heteroatoms. The number of anilines is 1. The van der Waals surface area contributed by atoms with Crippen LogP contribution in [-0.2, 0) is 0 Å². The second-order valence-electron chi connectivity index (χ2n) is 4.72. The van der Waals surface area contributed by atoms with Crippen LogP contribution in [0.1, 0.15) is 29.8 Å². The van der Waals surface area contributed by atoms with Gasteiger partial charge in [-0.05, 0) is 30.7 Å². The van der Waals surface area contributed by atoms with Gasteiger partial charge in [0.2, 0.25) is 0 Å². The van der Waals surface area contributed by atoms with Crippen molar-refractivity contribution in [3.8, 4) is 0 Å².